The van der Waals surface area contributed by atoms with Gasteiger partial charge in [-0.1, -0.05) is 0 Å². The maximum absolute atomic E-state index is 9.75. The van der Waals surface area contributed by atoms with Gasteiger partial charge in [0.2, 0.25) is 0 Å². The standard InChI is InChI=1S/C10H6O4/c11-7-5-1-3-13-9(5)8(12)6-2-4-14-10(6)7/h1-4,11-12H. The Morgan fingerprint density at radius 2 is 1.21 bits per heavy atom. The second kappa shape index (κ2) is 2.23. The molecule has 0 aliphatic rings. The first-order chi connectivity index (χ1) is 6.79. The molecule has 0 spiro atoms. The van der Waals surface area contributed by atoms with Crippen LogP contribution < -0.4 is 0 Å². The fourth-order valence-corrected chi connectivity index (χ4v) is 1.60. The summed E-state index contributed by atoms with van der Waals surface area (Å²) in [5.74, 6) is -0.0156. The molecule has 0 radical (unpaired) electrons. The van der Waals surface area contributed by atoms with Crippen LogP contribution in [0.3, 0.4) is 0 Å². The number of furan rings is 2. The van der Waals surface area contributed by atoms with Crippen LogP contribution in [-0.4, -0.2) is 10.2 Å². The molecule has 70 valence electrons. The summed E-state index contributed by atoms with van der Waals surface area (Å²) in [6, 6.07) is 3.15. The molecule has 0 aliphatic carbocycles. The molecule has 0 fully saturated rings. The predicted octanol–water partition coefficient (Wildman–Crippen LogP) is 2.59. The normalized spacial score (nSPS) is 11.4. The summed E-state index contributed by atoms with van der Waals surface area (Å²) in [5.41, 5.74) is 0.549. The monoisotopic (exact) mass is 190 g/mol. The van der Waals surface area contributed by atoms with Crippen LogP contribution in [0.4, 0.5) is 0 Å². The Hall–Kier alpha value is -2.10. The van der Waals surface area contributed by atoms with E-state index in [1.165, 1.54) is 12.5 Å². The maximum atomic E-state index is 9.75. The zero-order valence-corrected chi connectivity index (χ0v) is 7.02. The van der Waals surface area contributed by atoms with Crippen LogP contribution in [0.25, 0.3) is 21.9 Å². The number of benzene rings is 1. The van der Waals surface area contributed by atoms with Gasteiger partial charge in [-0.25, -0.2) is 0 Å². The number of fused-ring (bicyclic) bond motifs is 2. The van der Waals surface area contributed by atoms with Crippen molar-refractivity contribution in [2.24, 2.45) is 0 Å². The molecule has 0 saturated heterocycles. The highest BCUT2D eigenvalue weighted by Crippen LogP contribution is 2.42. The van der Waals surface area contributed by atoms with E-state index in [4.69, 9.17) is 8.83 Å². The zero-order chi connectivity index (χ0) is 9.71. The summed E-state index contributed by atoms with van der Waals surface area (Å²) in [7, 11) is 0. The Morgan fingerprint density at radius 3 is 1.64 bits per heavy atom. The number of hydrogen-bond donors (Lipinski definition) is 2. The van der Waals surface area contributed by atoms with Gasteiger partial charge in [0.1, 0.15) is 0 Å². The van der Waals surface area contributed by atoms with E-state index in [0.717, 1.165) is 0 Å². The van der Waals surface area contributed by atoms with Crippen molar-refractivity contribution in [2.45, 2.75) is 0 Å². The van der Waals surface area contributed by atoms with Crippen molar-refractivity contribution in [3.63, 3.8) is 0 Å². The van der Waals surface area contributed by atoms with Crippen LogP contribution in [0.2, 0.25) is 0 Å². The molecule has 1 aromatic carbocycles. The van der Waals surface area contributed by atoms with Crippen molar-refractivity contribution in [3.8, 4) is 11.5 Å². The van der Waals surface area contributed by atoms with E-state index in [1.54, 1.807) is 12.1 Å². The highest BCUT2D eigenvalue weighted by molar-refractivity contribution is 6.06. The third kappa shape index (κ3) is 0.682. The lowest BCUT2D eigenvalue weighted by molar-refractivity contribution is 0.458. The van der Waals surface area contributed by atoms with Gasteiger partial charge in [-0.05, 0) is 12.1 Å². The van der Waals surface area contributed by atoms with Gasteiger partial charge < -0.3 is 19.0 Å². The van der Waals surface area contributed by atoms with Gasteiger partial charge in [0.05, 0.1) is 23.3 Å². The summed E-state index contributed by atoms with van der Waals surface area (Å²) in [6.45, 7) is 0. The minimum absolute atomic E-state index is 0.00782. The van der Waals surface area contributed by atoms with Gasteiger partial charge in [0, 0.05) is 0 Å². The maximum Gasteiger partial charge on any atom is 0.180 e. The van der Waals surface area contributed by atoms with Crippen molar-refractivity contribution in [1.82, 2.24) is 0 Å². The molecule has 0 saturated carbocycles. The molecule has 2 N–H and O–H groups in total. The lowest BCUT2D eigenvalue weighted by Crippen LogP contribution is -1.72. The van der Waals surface area contributed by atoms with Gasteiger partial charge in [0.25, 0.3) is 0 Å². The molecule has 0 bridgehead atoms. The highest BCUT2D eigenvalue weighted by Gasteiger charge is 2.16. The summed E-state index contributed by atoms with van der Waals surface area (Å²) in [5, 5.41) is 20.4. The first-order valence-electron chi connectivity index (χ1n) is 4.07. The molecule has 0 atom stereocenters. The Bertz CT molecular complexity index is 515. The summed E-state index contributed by atoms with van der Waals surface area (Å²) in [6.07, 6.45) is 2.81. The largest absolute Gasteiger partial charge is 0.504 e. The topological polar surface area (TPSA) is 66.7 Å². The van der Waals surface area contributed by atoms with E-state index in [9.17, 15) is 10.2 Å². The molecule has 2 aromatic heterocycles. The Labute approximate surface area is 78.0 Å². The molecule has 0 unspecified atom stereocenters. The van der Waals surface area contributed by atoms with Crippen molar-refractivity contribution < 1.29 is 19.0 Å². The zero-order valence-electron chi connectivity index (χ0n) is 7.02. The van der Waals surface area contributed by atoms with E-state index >= 15 is 0 Å². The lowest BCUT2D eigenvalue weighted by Gasteiger charge is -1.98. The van der Waals surface area contributed by atoms with Gasteiger partial charge in [0.15, 0.2) is 22.7 Å². The van der Waals surface area contributed by atoms with Crippen molar-refractivity contribution >= 4 is 21.9 Å². The Kier molecular flexibility index (Phi) is 1.16. The van der Waals surface area contributed by atoms with E-state index in [0.29, 0.717) is 10.8 Å². The third-order valence-corrected chi connectivity index (χ3v) is 2.27. The predicted molar refractivity (Wildman–Crippen MR) is 49.3 cm³/mol. The van der Waals surface area contributed by atoms with Crippen molar-refractivity contribution in [1.29, 1.82) is 0 Å². The average molecular weight is 190 g/mol. The van der Waals surface area contributed by atoms with Crippen molar-refractivity contribution in [2.75, 3.05) is 0 Å². The highest BCUT2D eigenvalue weighted by atomic mass is 16.4. The van der Waals surface area contributed by atoms with E-state index in [2.05, 4.69) is 0 Å². The average Bonchev–Trinajstić information content (AvgIpc) is 2.82. The van der Waals surface area contributed by atoms with Crippen LogP contribution in [0.1, 0.15) is 0 Å². The molecule has 0 amide bonds. The number of phenols is 2. The van der Waals surface area contributed by atoms with Crippen LogP contribution >= 0.6 is 0 Å². The molecule has 4 heteroatoms. The number of aromatic hydroxyl groups is 2. The van der Waals surface area contributed by atoms with Crippen molar-refractivity contribution in [3.05, 3.63) is 24.7 Å². The minimum atomic E-state index is -0.00782. The fraction of sp³-hybridized carbons (Fsp3) is 0. The van der Waals surface area contributed by atoms with Crippen LogP contribution in [0, 0.1) is 0 Å². The second-order valence-corrected chi connectivity index (χ2v) is 3.02. The molecular weight excluding hydrogens is 184 g/mol. The fourth-order valence-electron chi connectivity index (χ4n) is 1.60. The third-order valence-electron chi connectivity index (χ3n) is 2.27. The summed E-state index contributed by atoms with van der Waals surface area (Å²) in [4.78, 5) is 0. The molecule has 3 aromatic rings. The first kappa shape index (κ1) is 7.32. The first-order valence-corrected chi connectivity index (χ1v) is 4.07. The van der Waals surface area contributed by atoms with E-state index in [-0.39, 0.29) is 22.7 Å². The van der Waals surface area contributed by atoms with E-state index < -0.39 is 0 Å². The summed E-state index contributed by atoms with van der Waals surface area (Å²) >= 11 is 0. The Balaban J connectivity index is 2.72. The number of phenolic OH excluding ortho intramolecular Hbond substituents is 2. The second-order valence-electron chi connectivity index (χ2n) is 3.02. The van der Waals surface area contributed by atoms with Gasteiger partial charge in [-0.2, -0.15) is 0 Å². The van der Waals surface area contributed by atoms with Gasteiger partial charge in [-0.3, -0.25) is 0 Å². The number of hydrogen-bond acceptors (Lipinski definition) is 4. The molecule has 4 nitrogen and oxygen atoms in total. The van der Waals surface area contributed by atoms with Gasteiger partial charge >= 0.3 is 0 Å². The number of rotatable bonds is 0. The summed E-state index contributed by atoms with van der Waals surface area (Å²) < 4.78 is 10.1. The van der Waals surface area contributed by atoms with Crippen LogP contribution in [-0.2, 0) is 0 Å². The Morgan fingerprint density at radius 1 is 0.786 bits per heavy atom. The van der Waals surface area contributed by atoms with Crippen LogP contribution in [0.15, 0.2) is 33.5 Å². The SMILES string of the molecule is Oc1c2ccoc2c(O)c2ccoc12. The molecule has 0 aliphatic heterocycles. The molecule has 3 rings (SSSR count). The molecule has 14 heavy (non-hydrogen) atoms. The quantitative estimate of drug-likeness (QED) is 0.534. The lowest BCUT2D eigenvalue weighted by atomic mass is 10.1. The van der Waals surface area contributed by atoms with Gasteiger partial charge in [-0.15, -0.1) is 0 Å². The smallest absolute Gasteiger partial charge is 0.180 e. The molecular formula is C10H6O4. The van der Waals surface area contributed by atoms with Crippen LogP contribution in [0.5, 0.6) is 11.5 Å². The minimum Gasteiger partial charge on any atom is -0.504 e. The molecule has 2 heterocycles. The van der Waals surface area contributed by atoms with E-state index in [1.807, 2.05) is 0 Å².